The van der Waals surface area contributed by atoms with Gasteiger partial charge < -0.3 is 10.1 Å². The Morgan fingerprint density at radius 3 is 2.79 bits per heavy atom. The van der Waals surface area contributed by atoms with Gasteiger partial charge in [-0.1, -0.05) is 0 Å². The zero-order valence-corrected chi connectivity index (χ0v) is 12.5. The molecule has 1 unspecified atom stereocenters. The van der Waals surface area contributed by atoms with E-state index in [-0.39, 0.29) is 18.8 Å². The lowest BCUT2D eigenvalue weighted by molar-refractivity contribution is -0.142. The minimum atomic E-state index is -3.37. The van der Waals surface area contributed by atoms with E-state index in [1.165, 1.54) is 4.31 Å². The molecule has 6 nitrogen and oxygen atoms in total. The summed E-state index contributed by atoms with van der Waals surface area (Å²) in [5, 5.41) is 3.26. The summed E-state index contributed by atoms with van der Waals surface area (Å²) < 4.78 is 30.1. The highest BCUT2D eigenvalue weighted by Gasteiger charge is 2.23. The van der Waals surface area contributed by atoms with Crippen LogP contribution in [0.1, 0.15) is 26.2 Å². The predicted molar refractivity (Wildman–Crippen MR) is 73.3 cm³/mol. The summed E-state index contributed by atoms with van der Waals surface area (Å²) >= 11 is 0. The number of esters is 1. The molecular formula is C12H24N2O4S. The number of rotatable bonds is 7. The highest BCUT2D eigenvalue weighted by Crippen LogP contribution is 2.13. The first-order valence-electron chi connectivity index (χ1n) is 6.76. The van der Waals surface area contributed by atoms with Gasteiger partial charge >= 0.3 is 5.97 Å². The van der Waals surface area contributed by atoms with Crippen molar-refractivity contribution in [1.82, 2.24) is 9.62 Å². The largest absolute Gasteiger partial charge is 0.466 e. The molecule has 0 spiro atoms. The van der Waals surface area contributed by atoms with E-state index in [0.717, 1.165) is 25.9 Å². The SMILES string of the molecule is CCOC(=O)CCS(=O)(=O)N(C)CC1CCCNC1. The molecule has 1 aliphatic rings. The molecule has 1 saturated heterocycles. The molecule has 1 heterocycles. The normalized spacial score (nSPS) is 20.5. The van der Waals surface area contributed by atoms with Crippen LogP contribution in [0.25, 0.3) is 0 Å². The molecule has 0 aromatic heterocycles. The van der Waals surface area contributed by atoms with Gasteiger partial charge in [0.25, 0.3) is 0 Å². The minimum absolute atomic E-state index is 0.0799. The minimum Gasteiger partial charge on any atom is -0.466 e. The van der Waals surface area contributed by atoms with Crippen molar-refractivity contribution in [2.75, 3.05) is 39.0 Å². The van der Waals surface area contributed by atoms with Crippen molar-refractivity contribution in [3.8, 4) is 0 Å². The zero-order chi connectivity index (χ0) is 14.3. The summed E-state index contributed by atoms with van der Waals surface area (Å²) in [5.41, 5.74) is 0. The number of hydrogen-bond donors (Lipinski definition) is 1. The van der Waals surface area contributed by atoms with Crippen molar-refractivity contribution in [2.45, 2.75) is 26.2 Å². The van der Waals surface area contributed by atoms with Crippen molar-refractivity contribution >= 4 is 16.0 Å². The average Bonchev–Trinajstić information content (AvgIpc) is 2.38. The van der Waals surface area contributed by atoms with E-state index in [2.05, 4.69) is 5.32 Å². The van der Waals surface area contributed by atoms with Crippen molar-refractivity contribution in [3.63, 3.8) is 0 Å². The molecule has 0 radical (unpaired) electrons. The third-order valence-electron chi connectivity index (χ3n) is 3.26. The molecule has 0 saturated carbocycles. The van der Waals surface area contributed by atoms with Crippen LogP contribution in [0, 0.1) is 5.92 Å². The summed E-state index contributed by atoms with van der Waals surface area (Å²) in [6.07, 6.45) is 2.05. The molecule has 0 aromatic carbocycles. The predicted octanol–water partition coefficient (Wildman–Crippen LogP) is 0.201. The molecule has 0 amide bonds. The third kappa shape index (κ3) is 5.88. The van der Waals surface area contributed by atoms with E-state index in [0.29, 0.717) is 12.5 Å². The molecular weight excluding hydrogens is 268 g/mol. The van der Waals surface area contributed by atoms with Gasteiger partial charge in [0.05, 0.1) is 18.8 Å². The Kier molecular flexibility index (Phi) is 6.74. The van der Waals surface area contributed by atoms with Crippen LogP contribution in [0.3, 0.4) is 0 Å². The van der Waals surface area contributed by atoms with E-state index in [9.17, 15) is 13.2 Å². The molecule has 1 atom stereocenters. The van der Waals surface area contributed by atoms with E-state index in [1.54, 1.807) is 14.0 Å². The Balaban J connectivity index is 2.39. The standard InChI is InChI=1S/C12H24N2O4S/c1-3-18-12(15)6-8-19(16,17)14(2)10-11-5-4-7-13-9-11/h11,13H,3-10H2,1-2H3. The molecule has 1 rings (SSSR count). The summed E-state index contributed by atoms with van der Waals surface area (Å²) in [6.45, 7) is 4.36. The second-order valence-electron chi connectivity index (χ2n) is 4.86. The third-order valence-corrected chi connectivity index (χ3v) is 5.08. The molecule has 7 heteroatoms. The van der Waals surface area contributed by atoms with Crippen molar-refractivity contribution in [2.24, 2.45) is 5.92 Å². The fourth-order valence-electron chi connectivity index (χ4n) is 2.16. The maximum absolute atomic E-state index is 12.0. The van der Waals surface area contributed by atoms with E-state index in [4.69, 9.17) is 4.74 Å². The maximum atomic E-state index is 12.0. The van der Waals surface area contributed by atoms with Gasteiger partial charge in [-0.2, -0.15) is 0 Å². The lowest BCUT2D eigenvalue weighted by Crippen LogP contribution is -2.40. The van der Waals surface area contributed by atoms with E-state index in [1.807, 2.05) is 0 Å². The van der Waals surface area contributed by atoms with Gasteiger partial charge in [-0.05, 0) is 38.8 Å². The molecule has 0 aromatic rings. The monoisotopic (exact) mass is 292 g/mol. The molecule has 1 fully saturated rings. The molecule has 0 bridgehead atoms. The van der Waals surface area contributed by atoms with Gasteiger partial charge in [-0.3, -0.25) is 4.79 Å². The number of sulfonamides is 1. The Morgan fingerprint density at radius 2 is 2.21 bits per heavy atom. The fourth-order valence-corrected chi connectivity index (χ4v) is 3.33. The fraction of sp³-hybridized carbons (Fsp3) is 0.917. The topological polar surface area (TPSA) is 75.7 Å². The lowest BCUT2D eigenvalue weighted by Gasteiger charge is -2.27. The van der Waals surface area contributed by atoms with E-state index >= 15 is 0 Å². The quantitative estimate of drug-likeness (QED) is 0.679. The number of carbonyl (C=O) groups excluding carboxylic acids is 1. The van der Waals surface area contributed by atoms with Gasteiger partial charge in [0.1, 0.15) is 0 Å². The first-order chi connectivity index (χ1) is 8.95. The number of piperidine rings is 1. The molecule has 1 N–H and O–H groups in total. The van der Waals surface area contributed by atoms with Crippen LogP contribution in [0.4, 0.5) is 0 Å². The summed E-state index contributed by atoms with van der Waals surface area (Å²) in [5.74, 6) is -0.280. The summed E-state index contributed by atoms with van der Waals surface area (Å²) in [7, 11) is -1.79. The van der Waals surface area contributed by atoms with Crippen molar-refractivity contribution < 1.29 is 17.9 Å². The van der Waals surface area contributed by atoms with E-state index < -0.39 is 16.0 Å². The molecule has 112 valence electrons. The van der Waals surface area contributed by atoms with Gasteiger partial charge in [-0.25, -0.2) is 12.7 Å². The summed E-state index contributed by atoms with van der Waals surface area (Å²) in [6, 6.07) is 0. The second-order valence-corrected chi connectivity index (χ2v) is 7.06. The van der Waals surface area contributed by atoms with Gasteiger partial charge in [0, 0.05) is 13.6 Å². The van der Waals surface area contributed by atoms with Crippen molar-refractivity contribution in [1.29, 1.82) is 0 Å². The molecule has 0 aliphatic carbocycles. The summed E-state index contributed by atoms with van der Waals surface area (Å²) in [4.78, 5) is 11.2. The van der Waals surface area contributed by atoms with Gasteiger partial charge in [0.2, 0.25) is 10.0 Å². The Labute approximate surface area is 115 Å². The van der Waals surface area contributed by atoms with Crippen molar-refractivity contribution in [3.05, 3.63) is 0 Å². The highest BCUT2D eigenvalue weighted by molar-refractivity contribution is 7.89. The van der Waals surface area contributed by atoms with Crippen LogP contribution >= 0.6 is 0 Å². The lowest BCUT2D eigenvalue weighted by atomic mass is 10.00. The Hall–Kier alpha value is -0.660. The van der Waals surface area contributed by atoms with Gasteiger partial charge in [0.15, 0.2) is 0 Å². The van der Waals surface area contributed by atoms with Crippen LogP contribution < -0.4 is 5.32 Å². The van der Waals surface area contributed by atoms with Crippen LogP contribution in [-0.4, -0.2) is 57.7 Å². The first kappa shape index (κ1) is 16.4. The number of nitrogens with one attached hydrogen (secondary N) is 1. The number of hydrogen-bond acceptors (Lipinski definition) is 5. The smallest absolute Gasteiger partial charge is 0.306 e. The zero-order valence-electron chi connectivity index (χ0n) is 11.7. The molecule has 1 aliphatic heterocycles. The van der Waals surface area contributed by atoms with Crippen LogP contribution in [0.5, 0.6) is 0 Å². The van der Waals surface area contributed by atoms with Crippen LogP contribution in [0.15, 0.2) is 0 Å². The van der Waals surface area contributed by atoms with Crippen LogP contribution in [-0.2, 0) is 19.6 Å². The Morgan fingerprint density at radius 1 is 1.47 bits per heavy atom. The van der Waals surface area contributed by atoms with Gasteiger partial charge in [-0.15, -0.1) is 0 Å². The number of ether oxygens (including phenoxy) is 1. The number of carbonyl (C=O) groups is 1. The highest BCUT2D eigenvalue weighted by atomic mass is 32.2. The first-order valence-corrected chi connectivity index (χ1v) is 8.37. The second kappa shape index (κ2) is 7.81. The number of nitrogens with zero attached hydrogens (tertiary/aromatic N) is 1. The molecule has 19 heavy (non-hydrogen) atoms. The average molecular weight is 292 g/mol. The maximum Gasteiger partial charge on any atom is 0.306 e. The Bertz CT molecular complexity index is 377. The van der Waals surface area contributed by atoms with Crippen LogP contribution in [0.2, 0.25) is 0 Å².